The number of hydrogen-bond donors (Lipinski definition) is 0. The largest absolute Gasteiger partial charge is 0.295 e. The van der Waals surface area contributed by atoms with E-state index in [9.17, 15) is 9.59 Å². The molecular formula is C16H20N2O2. The van der Waals surface area contributed by atoms with Crippen molar-refractivity contribution in [2.24, 2.45) is 11.3 Å². The van der Waals surface area contributed by atoms with E-state index in [0.717, 1.165) is 0 Å². The average Bonchev–Trinajstić information content (AvgIpc) is 2.90. The van der Waals surface area contributed by atoms with Gasteiger partial charge in [0.2, 0.25) is 11.8 Å². The third kappa shape index (κ3) is 1.71. The maximum Gasteiger partial charge on any atom is 0.237 e. The van der Waals surface area contributed by atoms with Crippen LogP contribution in [0.3, 0.4) is 0 Å². The van der Waals surface area contributed by atoms with Gasteiger partial charge in [0.25, 0.3) is 0 Å². The number of carbonyl (C=O) groups is 2. The number of benzene rings is 1. The average molecular weight is 272 g/mol. The molecule has 0 bridgehead atoms. The van der Waals surface area contributed by atoms with Gasteiger partial charge in [0.05, 0.1) is 11.3 Å². The molecule has 3 atom stereocenters. The summed E-state index contributed by atoms with van der Waals surface area (Å²) in [7, 11) is 1.60. The highest BCUT2D eigenvalue weighted by Gasteiger charge is 2.60. The Morgan fingerprint density at radius 3 is 2.50 bits per heavy atom. The summed E-state index contributed by atoms with van der Waals surface area (Å²) in [6.07, 6.45) is 0. The van der Waals surface area contributed by atoms with Gasteiger partial charge in [-0.2, -0.15) is 0 Å². The summed E-state index contributed by atoms with van der Waals surface area (Å²) < 4.78 is 0. The Hall–Kier alpha value is -1.68. The van der Waals surface area contributed by atoms with E-state index in [1.54, 1.807) is 7.05 Å². The molecule has 4 heteroatoms. The van der Waals surface area contributed by atoms with Crippen LogP contribution in [-0.4, -0.2) is 41.8 Å². The van der Waals surface area contributed by atoms with Crippen LogP contribution in [-0.2, 0) is 9.59 Å². The smallest absolute Gasteiger partial charge is 0.237 e. The van der Waals surface area contributed by atoms with Gasteiger partial charge in [0.15, 0.2) is 0 Å². The zero-order valence-corrected chi connectivity index (χ0v) is 12.2. The first-order valence-electron chi connectivity index (χ1n) is 7.06. The molecule has 1 aromatic carbocycles. The van der Waals surface area contributed by atoms with Gasteiger partial charge >= 0.3 is 0 Å². The van der Waals surface area contributed by atoms with Crippen LogP contribution in [0, 0.1) is 11.3 Å². The van der Waals surface area contributed by atoms with Crippen molar-refractivity contribution >= 4 is 11.8 Å². The van der Waals surface area contributed by atoms with Crippen molar-refractivity contribution in [1.29, 1.82) is 0 Å². The summed E-state index contributed by atoms with van der Waals surface area (Å²) in [5.41, 5.74) is 0.679. The number of imide groups is 1. The molecule has 2 amide bonds. The summed E-state index contributed by atoms with van der Waals surface area (Å²) in [4.78, 5) is 28.0. The highest BCUT2D eigenvalue weighted by molar-refractivity contribution is 6.07. The Morgan fingerprint density at radius 2 is 1.90 bits per heavy atom. The molecule has 0 aromatic heterocycles. The lowest BCUT2D eigenvalue weighted by atomic mass is 9.82. The minimum Gasteiger partial charge on any atom is -0.295 e. The molecule has 0 spiro atoms. The van der Waals surface area contributed by atoms with E-state index < -0.39 is 5.41 Å². The number of rotatable bonds is 2. The van der Waals surface area contributed by atoms with Crippen LogP contribution in [0.1, 0.15) is 25.5 Å². The monoisotopic (exact) mass is 272 g/mol. The highest BCUT2D eigenvalue weighted by Crippen LogP contribution is 2.45. The molecular weight excluding hydrogens is 252 g/mol. The number of amides is 2. The molecule has 2 fully saturated rings. The van der Waals surface area contributed by atoms with Crippen molar-refractivity contribution in [3.8, 4) is 0 Å². The summed E-state index contributed by atoms with van der Waals surface area (Å²) in [6, 6.07) is 10.5. The molecule has 2 unspecified atom stereocenters. The van der Waals surface area contributed by atoms with Crippen LogP contribution in [0.15, 0.2) is 30.3 Å². The Morgan fingerprint density at radius 1 is 1.25 bits per heavy atom. The summed E-state index contributed by atoms with van der Waals surface area (Å²) in [5, 5.41) is 0. The van der Waals surface area contributed by atoms with Gasteiger partial charge in [-0.15, -0.1) is 0 Å². The highest BCUT2D eigenvalue weighted by atomic mass is 16.2. The van der Waals surface area contributed by atoms with Gasteiger partial charge < -0.3 is 0 Å². The van der Waals surface area contributed by atoms with E-state index >= 15 is 0 Å². The Kier molecular flexibility index (Phi) is 2.94. The lowest BCUT2D eigenvalue weighted by Crippen LogP contribution is -2.37. The Bertz CT molecular complexity index is 557. The lowest BCUT2D eigenvalue weighted by molar-refractivity contribution is -0.140. The van der Waals surface area contributed by atoms with E-state index in [4.69, 9.17) is 0 Å². The van der Waals surface area contributed by atoms with Crippen molar-refractivity contribution in [1.82, 2.24) is 9.80 Å². The number of carbonyl (C=O) groups excluding carboxylic acids is 2. The first-order chi connectivity index (χ1) is 9.45. The van der Waals surface area contributed by atoms with Crippen LogP contribution < -0.4 is 0 Å². The second-order valence-electron chi connectivity index (χ2n) is 6.19. The first kappa shape index (κ1) is 13.3. The van der Waals surface area contributed by atoms with Gasteiger partial charge in [0.1, 0.15) is 0 Å². The van der Waals surface area contributed by atoms with Crippen molar-refractivity contribution in [2.75, 3.05) is 20.1 Å². The minimum absolute atomic E-state index is 0.0275. The molecule has 106 valence electrons. The number of fused-ring (bicyclic) bond motifs is 1. The molecule has 4 nitrogen and oxygen atoms in total. The number of hydrogen-bond acceptors (Lipinski definition) is 3. The van der Waals surface area contributed by atoms with E-state index in [1.165, 1.54) is 10.5 Å². The lowest BCUT2D eigenvalue weighted by Gasteiger charge is -2.27. The number of nitrogens with zero attached hydrogens (tertiary/aromatic N) is 2. The molecule has 1 aromatic rings. The third-order valence-corrected chi connectivity index (χ3v) is 4.97. The summed E-state index contributed by atoms with van der Waals surface area (Å²) in [5.74, 6) is -0.248. The summed E-state index contributed by atoms with van der Waals surface area (Å²) in [6.45, 7) is 5.39. The van der Waals surface area contributed by atoms with Gasteiger partial charge in [-0.1, -0.05) is 30.3 Å². The standard InChI is InChI=1S/C16H20N2O2/c1-11(12-7-5-4-6-8-12)18-9-13-14(19)17(3)15(20)16(13,2)10-18/h4-8,11,13H,9-10H2,1-3H3/t11-,13?,16?/m1/s1. The molecule has 2 aliphatic heterocycles. The summed E-state index contributed by atoms with van der Waals surface area (Å²) >= 11 is 0. The van der Waals surface area contributed by atoms with Gasteiger partial charge in [-0.25, -0.2) is 0 Å². The van der Waals surface area contributed by atoms with Crippen LogP contribution in [0.25, 0.3) is 0 Å². The molecule has 2 saturated heterocycles. The second-order valence-corrected chi connectivity index (χ2v) is 6.19. The molecule has 2 aliphatic rings. The van der Waals surface area contributed by atoms with Crippen molar-refractivity contribution in [2.45, 2.75) is 19.9 Å². The fourth-order valence-electron chi connectivity index (χ4n) is 3.55. The predicted molar refractivity (Wildman–Crippen MR) is 75.8 cm³/mol. The van der Waals surface area contributed by atoms with E-state index in [2.05, 4.69) is 24.0 Å². The first-order valence-corrected chi connectivity index (χ1v) is 7.06. The fourth-order valence-corrected chi connectivity index (χ4v) is 3.55. The zero-order valence-electron chi connectivity index (χ0n) is 12.2. The van der Waals surface area contributed by atoms with Crippen LogP contribution in [0.5, 0.6) is 0 Å². The maximum absolute atomic E-state index is 12.3. The van der Waals surface area contributed by atoms with Crippen molar-refractivity contribution in [3.05, 3.63) is 35.9 Å². The fraction of sp³-hybridized carbons (Fsp3) is 0.500. The van der Waals surface area contributed by atoms with Crippen LogP contribution >= 0.6 is 0 Å². The number of likely N-dealkylation sites (tertiary alicyclic amines) is 2. The quantitative estimate of drug-likeness (QED) is 0.769. The van der Waals surface area contributed by atoms with Gasteiger partial charge in [-0.05, 0) is 19.4 Å². The predicted octanol–water partition coefficient (Wildman–Crippen LogP) is 1.68. The topological polar surface area (TPSA) is 40.6 Å². The third-order valence-electron chi connectivity index (χ3n) is 4.97. The Balaban J connectivity index is 1.85. The van der Waals surface area contributed by atoms with Crippen LogP contribution in [0.4, 0.5) is 0 Å². The minimum atomic E-state index is -0.547. The molecule has 2 heterocycles. The zero-order chi connectivity index (χ0) is 14.5. The van der Waals surface area contributed by atoms with Gasteiger partial charge in [-0.3, -0.25) is 19.4 Å². The molecule has 0 radical (unpaired) electrons. The van der Waals surface area contributed by atoms with Crippen molar-refractivity contribution in [3.63, 3.8) is 0 Å². The Labute approximate surface area is 119 Å². The van der Waals surface area contributed by atoms with E-state index in [-0.39, 0.29) is 23.8 Å². The molecule has 3 rings (SSSR count). The molecule has 0 saturated carbocycles. The molecule has 0 aliphatic carbocycles. The molecule has 20 heavy (non-hydrogen) atoms. The van der Waals surface area contributed by atoms with E-state index in [0.29, 0.717) is 13.1 Å². The second kappa shape index (κ2) is 4.42. The normalized spacial score (nSPS) is 31.8. The van der Waals surface area contributed by atoms with Crippen molar-refractivity contribution < 1.29 is 9.59 Å². The van der Waals surface area contributed by atoms with E-state index in [1.807, 2.05) is 25.1 Å². The van der Waals surface area contributed by atoms with Gasteiger partial charge in [0, 0.05) is 26.2 Å². The SMILES string of the molecule is C[C@H](c1ccccc1)N1CC2C(=O)N(C)C(=O)C2(C)C1. The molecule has 0 N–H and O–H groups in total. The van der Waals surface area contributed by atoms with Crippen LogP contribution in [0.2, 0.25) is 0 Å². The maximum atomic E-state index is 12.3.